The Kier molecular flexibility index (Phi) is 4.89. The SMILES string of the molecule is COCc1nnc(NC(=O)c2c(C)nn(C3CCS(=O)(=O)C3)c2C)s1. The number of carbonyl (C=O) groups excluding carboxylic acids is 1. The molecule has 1 aliphatic heterocycles. The molecule has 1 aliphatic rings. The van der Waals surface area contributed by atoms with Gasteiger partial charge < -0.3 is 4.74 Å². The third-order valence-corrected chi connectivity index (χ3v) is 6.62. The Hall–Kier alpha value is -1.85. The molecule has 2 aromatic rings. The van der Waals surface area contributed by atoms with Gasteiger partial charge in [-0.25, -0.2) is 8.42 Å². The standard InChI is InChI=1S/C14H19N5O4S2/c1-8-12(13(20)15-14-17-16-11(24-14)6-23-3)9(2)19(18-8)10-4-5-25(21,22)7-10/h10H,4-7H2,1-3H3,(H,15,17,20). The molecule has 1 N–H and O–H groups in total. The number of anilines is 1. The van der Waals surface area contributed by atoms with E-state index in [1.807, 2.05) is 0 Å². The Morgan fingerprint density at radius 1 is 1.40 bits per heavy atom. The molecular weight excluding hydrogens is 366 g/mol. The van der Waals surface area contributed by atoms with E-state index in [0.29, 0.717) is 40.1 Å². The maximum atomic E-state index is 12.6. The van der Waals surface area contributed by atoms with Gasteiger partial charge in [0, 0.05) is 12.8 Å². The highest BCUT2D eigenvalue weighted by atomic mass is 32.2. The van der Waals surface area contributed by atoms with Crippen LogP contribution in [-0.2, 0) is 21.2 Å². The summed E-state index contributed by atoms with van der Waals surface area (Å²) in [6, 6.07) is -0.222. The maximum Gasteiger partial charge on any atom is 0.261 e. The van der Waals surface area contributed by atoms with Crippen LogP contribution in [0.2, 0.25) is 0 Å². The molecule has 0 radical (unpaired) electrons. The summed E-state index contributed by atoms with van der Waals surface area (Å²) in [5.41, 5.74) is 1.65. The molecule has 1 unspecified atom stereocenters. The first-order chi connectivity index (χ1) is 11.8. The lowest BCUT2D eigenvalue weighted by molar-refractivity contribution is 0.102. The highest BCUT2D eigenvalue weighted by Gasteiger charge is 2.32. The van der Waals surface area contributed by atoms with Crippen LogP contribution in [-0.4, -0.2) is 52.9 Å². The summed E-state index contributed by atoms with van der Waals surface area (Å²) in [6.07, 6.45) is 0.516. The first-order valence-electron chi connectivity index (χ1n) is 7.69. The van der Waals surface area contributed by atoms with E-state index in [1.54, 1.807) is 25.6 Å². The second-order valence-electron chi connectivity index (χ2n) is 5.94. The molecule has 0 saturated carbocycles. The van der Waals surface area contributed by atoms with E-state index >= 15 is 0 Å². The Morgan fingerprint density at radius 2 is 2.16 bits per heavy atom. The van der Waals surface area contributed by atoms with Crippen LogP contribution in [0.5, 0.6) is 0 Å². The zero-order chi connectivity index (χ0) is 18.2. The van der Waals surface area contributed by atoms with Crippen molar-refractivity contribution in [2.24, 2.45) is 0 Å². The van der Waals surface area contributed by atoms with Crippen molar-refractivity contribution in [3.05, 3.63) is 22.0 Å². The normalized spacial score (nSPS) is 19.2. The van der Waals surface area contributed by atoms with E-state index in [1.165, 1.54) is 11.3 Å². The lowest BCUT2D eigenvalue weighted by Gasteiger charge is -2.11. The quantitative estimate of drug-likeness (QED) is 0.819. The van der Waals surface area contributed by atoms with Gasteiger partial charge >= 0.3 is 0 Å². The second kappa shape index (κ2) is 6.81. The van der Waals surface area contributed by atoms with Crippen molar-refractivity contribution in [1.82, 2.24) is 20.0 Å². The topological polar surface area (TPSA) is 116 Å². The van der Waals surface area contributed by atoms with Gasteiger partial charge in [0.25, 0.3) is 5.91 Å². The van der Waals surface area contributed by atoms with E-state index in [-0.39, 0.29) is 23.5 Å². The largest absolute Gasteiger partial charge is 0.377 e. The smallest absolute Gasteiger partial charge is 0.261 e. The molecule has 1 atom stereocenters. The Labute approximate surface area is 149 Å². The molecule has 1 fully saturated rings. The maximum absolute atomic E-state index is 12.6. The third-order valence-electron chi connectivity index (χ3n) is 4.06. The van der Waals surface area contributed by atoms with Crippen molar-refractivity contribution >= 4 is 32.2 Å². The predicted octanol–water partition coefficient (Wildman–Crippen LogP) is 1.11. The fraction of sp³-hybridized carbons (Fsp3) is 0.571. The van der Waals surface area contributed by atoms with E-state index in [9.17, 15) is 13.2 Å². The summed E-state index contributed by atoms with van der Waals surface area (Å²) >= 11 is 1.24. The summed E-state index contributed by atoms with van der Waals surface area (Å²) in [5, 5.41) is 16.0. The van der Waals surface area contributed by atoms with Crippen LogP contribution >= 0.6 is 11.3 Å². The molecule has 0 spiro atoms. The van der Waals surface area contributed by atoms with Gasteiger partial charge in [-0.05, 0) is 20.3 Å². The lowest BCUT2D eigenvalue weighted by atomic mass is 10.1. The number of methoxy groups -OCH3 is 1. The number of rotatable bonds is 5. The number of aryl methyl sites for hydroxylation is 1. The average molecular weight is 385 g/mol. The van der Waals surface area contributed by atoms with Gasteiger partial charge in [-0.15, -0.1) is 10.2 Å². The molecule has 11 heteroatoms. The molecule has 136 valence electrons. The first-order valence-corrected chi connectivity index (χ1v) is 10.3. The number of amides is 1. The minimum absolute atomic E-state index is 0.0623. The van der Waals surface area contributed by atoms with Crippen LogP contribution in [0.3, 0.4) is 0 Å². The van der Waals surface area contributed by atoms with Crippen LogP contribution < -0.4 is 5.32 Å². The summed E-state index contributed by atoms with van der Waals surface area (Å²) in [6.45, 7) is 3.84. The molecule has 3 heterocycles. The monoisotopic (exact) mass is 385 g/mol. The zero-order valence-electron chi connectivity index (χ0n) is 14.1. The van der Waals surface area contributed by atoms with Crippen molar-refractivity contribution in [2.45, 2.75) is 32.9 Å². The van der Waals surface area contributed by atoms with Crippen molar-refractivity contribution < 1.29 is 17.9 Å². The summed E-state index contributed by atoms with van der Waals surface area (Å²) < 4.78 is 30.0. The van der Waals surface area contributed by atoms with Crippen LogP contribution in [0.1, 0.15) is 39.2 Å². The number of sulfone groups is 1. The highest BCUT2D eigenvalue weighted by Crippen LogP contribution is 2.27. The number of nitrogens with zero attached hydrogens (tertiary/aromatic N) is 4. The van der Waals surface area contributed by atoms with E-state index < -0.39 is 9.84 Å². The molecular formula is C14H19N5O4S2. The number of aromatic nitrogens is 4. The number of hydrogen-bond acceptors (Lipinski definition) is 8. The molecule has 25 heavy (non-hydrogen) atoms. The van der Waals surface area contributed by atoms with Gasteiger partial charge in [0.2, 0.25) is 5.13 Å². The number of hydrogen-bond donors (Lipinski definition) is 1. The number of carbonyl (C=O) groups is 1. The molecule has 2 aromatic heterocycles. The van der Waals surface area contributed by atoms with Crippen LogP contribution in [0, 0.1) is 13.8 Å². The van der Waals surface area contributed by atoms with E-state index in [2.05, 4.69) is 20.6 Å². The van der Waals surface area contributed by atoms with Crippen molar-refractivity contribution in [3.8, 4) is 0 Å². The minimum atomic E-state index is -3.03. The summed E-state index contributed by atoms with van der Waals surface area (Å²) in [7, 11) is -1.47. The molecule has 0 aliphatic carbocycles. The van der Waals surface area contributed by atoms with Crippen LogP contribution in [0.4, 0.5) is 5.13 Å². The van der Waals surface area contributed by atoms with Gasteiger partial charge in [-0.3, -0.25) is 14.8 Å². The Balaban J connectivity index is 1.81. The van der Waals surface area contributed by atoms with Gasteiger partial charge in [0.05, 0.1) is 28.8 Å². The van der Waals surface area contributed by atoms with Gasteiger partial charge in [-0.1, -0.05) is 11.3 Å². The molecule has 9 nitrogen and oxygen atoms in total. The molecule has 3 rings (SSSR count). The van der Waals surface area contributed by atoms with Gasteiger partial charge in [0.1, 0.15) is 11.6 Å². The third kappa shape index (κ3) is 3.72. The molecule has 1 saturated heterocycles. The minimum Gasteiger partial charge on any atom is -0.377 e. The van der Waals surface area contributed by atoms with Crippen LogP contribution in [0.25, 0.3) is 0 Å². The van der Waals surface area contributed by atoms with Gasteiger partial charge in [-0.2, -0.15) is 5.10 Å². The zero-order valence-corrected chi connectivity index (χ0v) is 15.8. The summed E-state index contributed by atoms with van der Waals surface area (Å²) in [5.74, 6) is -0.112. The Bertz CT molecular complexity index is 902. The van der Waals surface area contributed by atoms with Gasteiger partial charge in [0.15, 0.2) is 9.84 Å². The van der Waals surface area contributed by atoms with Crippen molar-refractivity contribution in [1.29, 1.82) is 0 Å². The Morgan fingerprint density at radius 3 is 2.80 bits per heavy atom. The number of ether oxygens (including phenoxy) is 1. The highest BCUT2D eigenvalue weighted by molar-refractivity contribution is 7.91. The van der Waals surface area contributed by atoms with E-state index in [0.717, 1.165) is 0 Å². The average Bonchev–Trinajstić information content (AvgIpc) is 3.18. The second-order valence-corrected chi connectivity index (χ2v) is 9.23. The molecule has 1 amide bonds. The lowest BCUT2D eigenvalue weighted by Crippen LogP contribution is -2.16. The van der Waals surface area contributed by atoms with Crippen molar-refractivity contribution in [2.75, 3.05) is 23.9 Å². The van der Waals surface area contributed by atoms with Crippen LogP contribution in [0.15, 0.2) is 0 Å². The first kappa shape index (κ1) is 18.0. The number of nitrogens with one attached hydrogen (secondary N) is 1. The molecule has 0 bridgehead atoms. The predicted molar refractivity (Wildman–Crippen MR) is 92.6 cm³/mol. The fourth-order valence-corrected chi connectivity index (χ4v) is 5.36. The van der Waals surface area contributed by atoms with E-state index in [4.69, 9.17) is 4.74 Å². The van der Waals surface area contributed by atoms with Crippen molar-refractivity contribution in [3.63, 3.8) is 0 Å². The molecule has 0 aromatic carbocycles. The fourth-order valence-electron chi connectivity index (χ4n) is 2.96. The summed E-state index contributed by atoms with van der Waals surface area (Å²) in [4.78, 5) is 12.6.